The van der Waals surface area contributed by atoms with Crippen LogP contribution in [-0.2, 0) is 4.79 Å². The number of para-hydroxylation sites is 1. The average Bonchev–Trinajstić information content (AvgIpc) is 2.83. The maximum Gasteiger partial charge on any atom is 0.336 e. The van der Waals surface area contributed by atoms with E-state index in [1.807, 2.05) is 24.1 Å². The molecule has 0 radical (unpaired) electrons. The molecule has 6 heteroatoms. The van der Waals surface area contributed by atoms with Gasteiger partial charge in [0.25, 0.3) is 0 Å². The van der Waals surface area contributed by atoms with Crippen LogP contribution in [0.1, 0.15) is 16.8 Å². The van der Waals surface area contributed by atoms with E-state index in [1.165, 1.54) is 0 Å². The summed E-state index contributed by atoms with van der Waals surface area (Å²) in [7, 11) is 3.69. The summed E-state index contributed by atoms with van der Waals surface area (Å²) in [6.07, 6.45) is 0.528. The molecule has 3 rings (SSSR count). The molecule has 1 aromatic carbocycles. The third-order valence-corrected chi connectivity index (χ3v) is 4.28. The number of carbonyl (C=O) groups excluding carboxylic acids is 1. The Morgan fingerprint density at radius 1 is 1.43 bits per heavy atom. The number of nitrogens with zero attached hydrogens (tertiary/aromatic N) is 3. The Balaban J connectivity index is 1.90. The Hall–Kier alpha value is -2.63. The molecule has 2 aromatic rings. The number of anilines is 1. The number of hydrogen-bond donors (Lipinski definition) is 1. The van der Waals surface area contributed by atoms with Crippen molar-refractivity contribution >= 4 is 28.6 Å². The molecule has 2 heterocycles. The van der Waals surface area contributed by atoms with Crippen molar-refractivity contribution in [2.75, 3.05) is 32.1 Å². The van der Waals surface area contributed by atoms with Crippen LogP contribution in [0.15, 0.2) is 30.3 Å². The first-order chi connectivity index (χ1) is 11.0. The minimum atomic E-state index is -0.964. The Morgan fingerprint density at radius 2 is 2.17 bits per heavy atom. The predicted molar refractivity (Wildman–Crippen MR) is 87.7 cm³/mol. The minimum absolute atomic E-state index is 0.154. The first-order valence-corrected chi connectivity index (χ1v) is 7.54. The van der Waals surface area contributed by atoms with Crippen LogP contribution in [0.3, 0.4) is 0 Å². The second-order valence-electron chi connectivity index (χ2n) is 6.08. The van der Waals surface area contributed by atoms with E-state index >= 15 is 0 Å². The number of carbonyl (C=O) groups is 2. The molecule has 1 fully saturated rings. The van der Waals surface area contributed by atoms with Gasteiger partial charge in [-0.15, -0.1) is 0 Å². The van der Waals surface area contributed by atoms with Crippen LogP contribution >= 0.6 is 0 Å². The van der Waals surface area contributed by atoms with Gasteiger partial charge >= 0.3 is 5.97 Å². The standard InChI is InChI=1S/C17H19N3O3/c1-19(9-11-7-16(21)20(2)10-11)15-8-13(17(22)23)12-5-3-4-6-14(12)18-15/h3-6,8,11H,7,9-10H2,1-2H3,(H,22,23). The van der Waals surface area contributed by atoms with E-state index in [0.29, 0.717) is 29.7 Å². The fourth-order valence-corrected chi connectivity index (χ4v) is 3.09. The zero-order valence-corrected chi connectivity index (χ0v) is 13.2. The number of rotatable bonds is 4. The number of amides is 1. The van der Waals surface area contributed by atoms with Crippen LogP contribution in [0, 0.1) is 5.92 Å². The number of benzene rings is 1. The van der Waals surface area contributed by atoms with Gasteiger partial charge in [-0.1, -0.05) is 18.2 Å². The van der Waals surface area contributed by atoms with Crippen LogP contribution in [0.5, 0.6) is 0 Å². The number of carboxylic acids is 1. The minimum Gasteiger partial charge on any atom is -0.478 e. The highest BCUT2D eigenvalue weighted by Crippen LogP contribution is 2.24. The Labute approximate surface area is 134 Å². The molecule has 1 aliphatic heterocycles. The van der Waals surface area contributed by atoms with Gasteiger partial charge in [-0.05, 0) is 12.1 Å². The van der Waals surface area contributed by atoms with E-state index in [1.54, 1.807) is 30.1 Å². The topological polar surface area (TPSA) is 73.7 Å². The Kier molecular flexibility index (Phi) is 3.90. The quantitative estimate of drug-likeness (QED) is 0.932. The van der Waals surface area contributed by atoms with Crippen LogP contribution in [0.25, 0.3) is 10.9 Å². The molecule has 1 unspecified atom stereocenters. The number of fused-ring (bicyclic) bond motifs is 1. The Bertz CT molecular complexity index is 775. The SMILES string of the molecule is CN1CC(CN(C)c2cc(C(=O)O)c3ccccc3n2)CC1=O. The summed E-state index contributed by atoms with van der Waals surface area (Å²) in [5.41, 5.74) is 0.908. The maximum atomic E-state index is 11.6. The van der Waals surface area contributed by atoms with Gasteiger partial charge in [0.2, 0.25) is 5.91 Å². The van der Waals surface area contributed by atoms with Crippen molar-refractivity contribution in [2.24, 2.45) is 5.92 Å². The van der Waals surface area contributed by atoms with Crippen molar-refractivity contribution in [1.82, 2.24) is 9.88 Å². The molecule has 1 N–H and O–H groups in total. The Morgan fingerprint density at radius 3 is 2.83 bits per heavy atom. The second kappa shape index (κ2) is 5.87. The van der Waals surface area contributed by atoms with Crippen LogP contribution in [0.4, 0.5) is 5.82 Å². The highest BCUT2D eigenvalue weighted by molar-refractivity contribution is 6.03. The van der Waals surface area contributed by atoms with Gasteiger partial charge in [0, 0.05) is 44.9 Å². The monoisotopic (exact) mass is 313 g/mol. The summed E-state index contributed by atoms with van der Waals surface area (Å²) in [6, 6.07) is 8.83. The predicted octanol–water partition coefficient (Wildman–Crippen LogP) is 1.85. The van der Waals surface area contributed by atoms with Crippen LogP contribution < -0.4 is 4.90 Å². The molecule has 0 saturated carbocycles. The highest BCUT2D eigenvalue weighted by Gasteiger charge is 2.28. The van der Waals surface area contributed by atoms with Gasteiger partial charge in [0.05, 0.1) is 11.1 Å². The van der Waals surface area contributed by atoms with Crippen LogP contribution in [0.2, 0.25) is 0 Å². The van der Waals surface area contributed by atoms with Gasteiger partial charge in [-0.2, -0.15) is 0 Å². The lowest BCUT2D eigenvalue weighted by Gasteiger charge is -2.22. The normalized spacial score (nSPS) is 17.7. The molecule has 120 valence electrons. The molecule has 1 amide bonds. The van der Waals surface area contributed by atoms with Crippen molar-refractivity contribution in [3.05, 3.63) is 35.9 Å². The highest BCUT2D eigenvalue weighted by atomic mass is 16.4. The van der Waals surface area contributed by atoms with Gasteiger partial charge < -0.3 is 14.9 Å². The summed E-state index contributed by atoms with van der Waals surface area (Å²) in [5, 5.41) is 10.1. The van der Waals surface area contributed by atoms with Crippen molar-refractivity contribution in [1.29, 1.82) is 0 Å². The lowest BCUT2D eigenvalue weighted by atomic mass is 10.1. The molecule has 1 saturated heterocycles. The van der Waals surface area contributed by atoms with Crippen molar-refractivity contribution in [2.45, 2.75) is 6.42 Å². The summed E-state index contributed by atoms with van der Waals surface area (Å²) in [6.45, 7) is 1.39. The third kappa shape index (κ3) is 2.97. The average molecular weight is 313 g/mol. The zero-order valence-electron chi connectivity index (χ0n) is 13.2. The van der Waals surface area contributed by atoms with Crippen molar-refractivity contribution < 1.29 is 14.7 Å². The van der Waals surface area contributed by atoms with E-state index in [9.17, 15) is 14.7 Å². The molecule has 0 spiro atoms. The molecular weight excluding hydrogens is 294 g/mol. The summed E-state index contributed by atoms with van der Waals surface area (Å²) in [5.74, 6) is 0.0391. The van der Waals surface area contributed by atoms with Crippen molar-refractivity contribution in [3.8, 4) is 0 Å². The molecule has 23 heavy (non-hydrogen) atoms. The molecule has 0 bridgehead atoms. The van der Waals surface area contributed by atoms with Crippen molar-refractivity contribution in [3.63, 3.8) is 0 Å². The number of carboxylic acid groups (broad SMARTS) is 1. The smallest absolute Gasteiger partial charge is 0.336 e. The lowest BCUT2D eigenvalue weighted by molar-refractivity contribution is -0.126. The van der Waals surface area contributed by atoms with E-state index in [-0.39, 0.29) is 17.4 Å². The molecule has 1 aromatic heterocycles. The van der Waals surface area contributed by atoms with Gasteiger partial charge in [0.1, 0.15) is 5.82 Å². The number of hydrogen-bond acceptors (Lipinski definition) is 4. The number of aromatic nitrogens is 1. The second-order valence-corrected chi connectivity index (χ2v) is 6.08. The van der Waals surface area contributed by atoms with E-state index in [2.05, 4.69) is 4.98 Å². The molecule has 6 nitrogen and oxygen atoms in total. The fourth-order valence-electron chi connectivity index (χ4n) is 3.09. The van der Waals surface area contributed by atoms with Gasteiger partial charge in [-0.3, -0.25) is 4.79 Å². The van der Waals surface area contributed by atoms with Gasteiger partial charge in [-0.25, -0.2) is 9.78 Å². The molecule has 1 atom stereocenters. The summed E-state index contributed by atoms with van der Waals surface area (Å²) < 4.78 is 0. The maximum absolute atomic E-state index is 11.6. The summed E-state index contributed by atoms with van der Waals surface area (Å²) in [4.78, 5) is 31.4. The largest absolute Gasteiger partial charge is 0.478 e. The van der Waals surface area contributed by atoms with E-state index in [0.717, 1.165) is 6.54 Å². The molecule has 1 aliphatic rings. The van der Waals surface area contributed by atoms with E-state index < -0.39 is 5.97 Å². The first kappa shape index (κ1) is 15.3. The molecule has 0 aliphatic carbocycles. The molecular formula is C17H19N3O3. The third-order valence-electron chi connectivity index (χ3n) is 4.28. The zero-order chi connectivity index (χ0) is 16.6. The van der Waals surface area contributed by atoms with Gasteiger partial charge in [0.15, 0.2) is 0 Å². The first-order valence-electron chi connectivity index (χ1n) is 7.54. The summed E-state index contributed by atoms with van der Waals surface area (Å²) >= 11 is 0. The number of likely N-dealkylation sites (tertiary alicyclic amines) is 1. The number of aromatic carboxylic acids is 1. The van der Waals surface area contributed by atoms with E-state index in [4.69, 9.17) is 0 Å². The lowest BCUT2D eigenvalue weighted by Crippen LogP contribution is -2.28. The number of pyridine rings is 1. The van der Waals surface area contributed by atoms with Crippen LogP contribution in [-0.4, -0.2) is 54.1 Å². The fraction of sp³-hybridized carbons (Fsp3) is 0.353.